The zero-order valence-corrected chi connectivity index (χ0v) is 20.1. The molecule has 15 heteroatoms. The third-order valence-corrected chi connectivity index (χ3v) is 7.02. The number of nitrogens with one attached hydrogen (secondary N) is 1. The van der Waals surface area contributed by atoms with Crippen LogP contribution < -0.4 is 14.2 Å². The van der Waals surface area contributed by atoms with E-state index in [4.69, 9.17) is 23.2 Å². The molecule has 190 valence electrons. The Hall–Kier alpha value is -1.54. The highest BCUT2D eigenvalue weighted by atomic mass is 35.5. The summed E-state index contributed by atoms with van der Waals surface area (Å²) in [6, 6.07) is 7.28. The zero-order chi connectivity index (χ0) is 25.6. The molecule has 0 aliphatic carbocycles. The van der Waals surface area contributed by atoms with E-state index in [0.717, 1.165) is 12.1 Å². The number of alkyl halides is 6. The van der Waals surface area contributed by atoms with Crippen LogP contribution in [0.1, 0.15) is 5.56 Å². The molecule has 0 heterocycles. The van der Waals surface area contributed by atoms with E-state index in [1.165, 1.54) is 11.8 Å². The Morgan fingerprint density at radius 3 is 2.09 bits per heavy atom. The Bertz CT molecular complexity index is 1060. The van der Waals surface area contributed by atoms with Gasteiger partial charge in [-0.15, -0.1) is 0 Å². The van der Waals surface area contributed by atoms with Crippen molar-refractivity contribution in [2.24, 2.45) is 0 Å². The topological polar surface area (TPSA) is 64.6 Å². The predicted octanol–water partition coefficient (Wildman–Crippen LogP) is 6.09. The van der Waals surface area contributed by atoms with Crippen LogP contribution in [0.15, 0.2) is 41.3 Å². The molecule has 0 aliphatic heterocycles. The van der Waals surface area contributed by atoms with Gasteiger partial charge in [0.2, 0.25) is 10.0 Å². The first-order valence-corrected chi connectivity index (χ1v) is 12.6. The minimum absolute atomic E-state index is 0.151. The summed E-state index contributed by atoms with van der Waals surface area (Å²) in [6.45, 7) is -3.67. The number of rotatable bonds is 11. The van der Waals surface area contributed by atoms with Crippen LogP contribution in [-0.4, -0.2) is 46.3 Å². The predicted molar refractivity (Wildman–Crippen MR) is 117 cm³/mol. The molecule has 1 N–H and O–H groups in total. The molecule has 0 saturated heterocycles. The smallest absolute Gasteiger partial charge is 0.422 e. The number of benzene rings is 2. The van der Waals surface area contributed by atoms with Gasteiger partial charge in [-0.05, 0) is 29.8 Å². The van der Waals surface area contributed by atoms with Gasteiger partial charge >= 0.3 is 12.4 Å². The standard InChI is InChI=1S/C19H17Cl2F6NO4S2/c20-14-2-1-3-15(21)13(14)9-33-7-6-28-34(29,30)17-8-12(31-10-18(22,23)24)4-5-16(17)32-11-19(25,26)27/h1-5,8,28H,6-7,9-11H2. The Morgan fingerprint density at radius 2 is 1.50 bits per heavy atom. The molecule has 0 spiro atoms. The number of sulfonamides is 1. The summed E-state index contributed by atoms with van der Waals surface area (Å²) in [6.07, 6.45) is -9.47. The highest BCUT2D eigenvalue weighted by Gasteiger charge is 2.31. The Morgan fingerprint density at radius 1 is 0.912 bits per heavy atom. The summed E-state index contributed by atoms with van der Waals surface area (Å²) in [5.74, 6) is -0.621. The van der Waals surface area contributed by atoms with Gasteiger partial charge in [0.05, 0.1) is 0 Å². The molecule has 0 saturated carbocycles. The van der Waals surface area contributed by atoms with E-state index >= 15 is 0 Å². The van der Waals surface area contributed by atoms with Crippen LogP contribution in [0.5, 0.6) is 11.5 Å². The van der Waals surface area contributed by atoms with Crippen LogP contribution in [0.2, 0.25) is 10.0 Å². The van der Waals surface area contributed by atoms with E-state index in [0.29, 0.717) is 27.4 Å². The van der Waals surface area contributed by atoms with Crippen LogP contribution in [0.3, 0.4) is 0 Å². The largest absolute Gasteiger partial charge is 0.484 e. The number of hydrogen-bond acceptors (Lipinski definition) is 5. The monoisotopic (exact) mass is 571 g/mol. The summed E-state index contributed by atoms with van der Waals surface area (Å²) in [7, 11) is -4.47. The molecule has 0 atom stereocenters. The highest BCUT2D eigenvalue weighted by Crippen LogP contribution is 2.31. The number of hydrogen-bond donors (Lipinski definition) is 1. The molecular formula is C19H17Cl2F6NO4S2. The average Bonchev–Trinajstić information content (AvgIpc) is 2.71. The van der Waals surface area contributed by atoms with Crippen molar-refractivity contribution < 1.29 is 44.2 Å². The first-order valence-electron chi connectivity index (χ1n) is 9.21. The fourth-order valence-corrected chi connectivity index (χ4v) is 5.32. The molecule has 0 fully saturated rings. The summed E-state index contributed by atoms with van der Waals surface area (Å²) < 4.78 is 111. The SMILES string of the molecule is O=S(=O)(NCCSCc1c(Cl)cccc1Cl)c1cc(OCC(F)(F)F)ccc1OCC(F)(F)F. The van der Waals surface area contributed by atoms with Crippen molar-refractivity contribution in [1.29, 1.82) is 0 Å². The van der Waals surface area contributed by atoms with Crippen LogP contribution in [-0.2, 0) is 15.8 Å². The van der Waals surface area contributed by atoms with Gasteiger partial charge in [0.25, 0.3) is 0 Å². The average molecular weight is 572 g/mol. The van der Waals surface area contributed by atoms with Gasteiger partial charge in [0, 0.05) is 34.2 Å². The minimum Gasteiger partial charge on any atom is -0.484 e. The summed E-state index contributed by atoms with van der Waals surface area (Å²) in [5.41, 5.74) is 0.649. The lowest BCUT2D eigenvalue weighted by molar-refractivity contribution is -0.154. The number of thioether (sulfide) groups is 1. The van der Waals surface area contributed by atoms with Gasteiger partial charge < -0.3 is 9.47 Å². The third kappa shape index (κ3) is 9.61. The first-order chi connectivity index (χ1) is 15.7. The number of ether oxygens (including phenoxy) is 2. The quantitative estimate of drug-likeness (QED) is 0.261. The van der Waals surface area contributed by atoms with E-state index in [2.05, 4.69) is 14.2 Å². The second-order valence-corrected chi connectivity index (χ2v) is 10.2. The van der Waals surface area contributed by atoms with Gasteiger partial charge in [0.15, 0.2) is 13.2 Å². The molecule has 2 aromatic rings. The summed E-state index contributed by atoms with van der Waals surface area (Å²) in [4.78, 5) is -0.796. The fourth-order valence-electron chi connectivity index (χ4n) is 2.40. The Balaban J connectivity index is 2.09. The lowest BCUT2D eigenvalue weighted by Crippen LogP contribution is -2.27. The van der Waals surface area contributed by atoms with E-state index in [1.54, 1.807) is 18.2 Å². The molecule has 0 aliphatic rings. The van der Waals surface area contributed by atoms with Crippen LogP contribution >= 0.6 is 35.0 Å². The van der Waals surface area contributed by atoms with Gasteiger partial charge in [-0.1, -0.05) is 29.3 Å². The summed E-state index contributed by atoms with van der Waals surface area (Å²) >= 11 is 13.4. The lowest BCUT2D eigenvalue weighted by Gasteiger charge is -2.16. The molecular weight excluding hydrogens is 555 g/mol. The lowest BCUT2D eigenvalue weighted by atomic mass is 10.2. The van der Waals surface area contributed by atoms with Crippen molar-refractivity contribution in [2.45, 2.75) is 23.0 Å². The van der Waals surface area contributed by atoms with Crippen LogP contribution in [0.4, 0.5) is 26.3 Å². The second-order valence-electron chi connectivity index (χ2n) is 6.57. The van der Waals surface area contributed by atoms with Crippen molar-refractivity contribution in [3.63, 3.8) is 0 Å². The third-order valence-electron chi connectivity index (χ3n) is 3.85. The van der Waals surface area contributed by atoms with Crippen molar-refractivity contribution in [3.8, 4) is 11.5 Å². The highest BCUT2D eigenvalue weighted by molar-refractivity contribution is 7.98. The van der Waals surface area contributed by atoms with Crippen molar-refractivity contribution in [2.75, 3.05) is 25.5 Å². The van der Waals surface area contributed by atoms with Crippen molar-refractivity contribution in [1.82, 2.24) is 4.72 Å². The van der Waals surface area contributed by atoms with Gasteiger partial charge in [-0.2, -0.15) is 38.1 Å². The van der Waals surface area contributed by atoms with Gasteiger partial charge in [-0.3, -0.25) is 0 Å². The molecule has 0 radical (unpaired) electrons. The second kappa shape index (κ2) is 11.9. The molecule has 34 heavy (non-hydrogen) atoms. The first kappa shape index (κ1) is 28.7. The molecule has 0 bridgehead atoms. The van der Waals surface area contributed by atoms with Crippen molar-refractivity contribution in [3.05, 3.63) is 52.0 Å². The molecule has 0 unspecified atom stereocenters. The van der Waals surface area contributed by atoms with Gasteiger partial charge in [0.1, 0.15) is 16.4 Å². The van der Waals surface area contributed by atoms with E-state index in [-0.39, 0.29) is 12.3 Å². The van der Waals surface area contributed by atoms with E-state index < -0.39 is 52.0 Å². The molecule has 0 aromatic heterocycles. The Kier molecular flexibility index (Phi) is 10.1. The normalized spacial score (nSPS) is 12.6. The molecule has 5 nitrogen and oxygen atoms in total. The Labute approximate surface area is 205 Å². The zero-order valence-electron chi connectivity index (χ0n) is 17.0. The van der Waals surface area contributed by atoms with Gasteiger partial charge in [-0.25, -0.2) is 13.1 Å². The fraction of sp³-hybridized carbons (Fsp3) is 0.368. The molecule has 0 amide bonds. The molecule has 2 rings (SSSR count). The maximum Gasteiger partial charge on any atom is 0.422 e. The van der Waals surface area contributed by atoms with E-state index in [9.17, 15) is 34.8 Å². The van der Waals surface area contributed by atoms with Crippen molar-refractivity contribution >= 4 is 45.0 Å². The van der Waals surface area contributed by atoms with Crippen LogP contribution in [0.25, 0.3) is 0 Å². The summed E-state index contributed by atoms with van der Waals surface area (Å²) in [5, 5.41) is 0.866. The minimum atomic E-state index is -4.77. The van der Waals surface area contributed by atoms with E-state index in [1.807, 2.05) is 0 Å². The number of halogens is 8. The molecule has 2 aromatic carbocycles. The maximum absolute atomic E-state index is 12.7. The maximum atomic E-state index is 12.7. The van der Waals surface area contributed by atoms with Crippen LogP contribution in [0, 0.1) is 0 Å².